The zero-order valence-corrected chi connectivity index (χ0v) is 13.7. The molecule has 1 aromatic heterocycles. The number of nitrogens with one attached hydrogen (secondary N) is 1. The van der Waals surface area contributed by atoms with Gasteiger partial charge in [-0.25, -0.2) is 9.78 Å². The van der Waals surface area contributed by atoms with Crippen LogP contribution >= 0.6 is 11.3 Å². The molecule has 23 heavy (non-hydrogen) atoms. The van der Waals surface area contributed by atoms with Crippen LogP contribution < -0.4 is 5.32 Å². The largest absolute Gasteiger partial charge is 0.376 e. The molecule has 1 aliphatic heterocycles. The fourth-order valence-electron chi connectivity index (χ4n) is 2.33. The Morgan fingerprint density at radius 1 is 1.39 bits per heavy atom. The Kier molecular flexibility index (Phi) is 5.22. The number of anilines is 1. The molecule has 122 valence electrons. The lowest BCUT2D eigenvalue weighted by Crippen LogP contribution is -2.42. The number of hydrogen-bond acceptors (Lipinski definition) is 5. The van der Waals surface area contributed by atoms with Gasteiger partial charge >= 0.3 is 6.03 Å². The molecule has 1 atom stereocenters. The van der Waals surface area contributed by atoms with E-state index in [4.69, 9.17) is 9.47 Å². The highest BCUT2D eigenvalue weighted by molar-refractivity contribution is 7.07. The first-order valence-electron chi connectivity index (χ1n) is 7.42. The summed E-state index contributed by atoms with van der Waals surface area (Å²) in [6, 6.07) is 7.48. The number of hydrogen-bond donors (Lipinski definition) is 1. The van der Waals surface area contributed by atoms with Gasteiger partial charge in [-0.1, -0.05) is 12.1 Å². The Morgan fingerprint density at radius 3 is 2.87 bits per heavy atom. The fraction of sp³-hybridized carbons (Fsp3) is 0.375. The third kappa shape index (κ3) is 4.28. The van der Waals surface area contributed by atoms with Crippen LogP contribution in [0.1, 0.15) is 0 Å². The highest BCUT2D eigenvalue weighted by Gasteiger charge is 2.19. The van der Waals surface area contributed by atoms with Gasteiger partial charge in [0.05, 0.1) is 43.7 Å². The first-order valence-corrected chi connectivity index (χ1v) is 8.37. The Bertz CT molecular complexity index is 625. The maximum absolute atomic E-state index is 12.2. The molecule has 0 aliphatic carbocycles. The van der Waals surface area contributed by atoms with Gasteiger partial charge in [0.15, 0.2) is 0 Å². The molecule has 1 fully saturated rings. The average molecular weight is 333 g/mol. The normalized spacial score (nSPS) is 17.7. The van der Waals surface area contributed by atoms with Crippen molar-refractivity contribution in [2.45, 2.75) is 6.10 Å². The zero-order chi connectivity index (χ0) is 16.1. The van der Waals surface area contributed by atoms with E-state index < -0.39 is 0 Å². The SMILES string of the molecule is CN(C[C@@H]1COCCO1)C(=O)Nc1ccc(-c2cscn2)cc1. The minimum Gasteiger partial charge on any atom is -0.376 e. The van der Waals surface area contributed by atoms with Crippen LogP contribution in [0.2, 0.25) is 0 Å². The van der Waals surface area contributed by atoms with Crippen LogP contribution in [-0.2, 0) is 9.47 Å². The molecule has 1 aliphatic rings. The molecule has 1 saturated heterocycles. The number of benzene rings is 1. The molecule has 2 heterocycles. The second-order valence-electron chi connectivity index (χ2n) is 5.33. The third-order valence-corrected chi connectivity index (χ3v) is 4.16. The van der Waals surface area contributed by atoms with Crippen molar-refractivity contribution >= 4 is 23.1 Å². The van der Waals surface area contributed by atoms with E-state index >= 15 is 0 Å². The lowest BCUT2D eigenvalue weighted by atomic mass is 10.1. The van der Waals surface area contributed by atoms with Gasteiger partial charge in [-0.3, -0.25) is 0 Å². The average Bonchev–Trinajstić information content (AvgIpc) is 3.11. The maximum atomic E-state index is 12.2. The summed E-state index contributed by atoms with van der Waals surface area (Å²) in [5, 5.41) is 4.87. The van der Waals surface area contributed by atoms with Crippen LogP contribution in [-0.4, -0.2) is 55.4 Å². The van der Waals surface area contributed by atoms with Gasteiger partial charge in [-0.2, -0.15) is 0 Å². The van der Waals surface area contributed by atoms with Crippen molar-refractivity contribution in [2.24, 2.45) is 0 Å². The predicted octanol–water partition coefficient (Wildman–Crippen LogP) is 2.69. The number of urea groups is 1. The predicted molar refractivity (Wildman–Crippen MR) is 89.8 cm³/mol. The molecule has 0 bridgehead atoms. The van der Waals surface area contributed by atoms with Crippen molar-refractivity contribution in [2.75, 3.05) is 38.7 Å². The number of nitrogens with zero attached hydrogens (tertiary/aromatic N) is 2. The summed E-state index contributed by atoms with van der Waals surface area (Å²) in [5.74, 6) is 0. The number of carbonyl (C=O) groups excluding carboxylic acids is 1. The molecule has 3 rings (SSSR count). The van der Waals surface area contributed by atoms with Crippen molar-refractivity contribution in [1.29, 1.82) is 0 Å². The highest BCUT2D eigenvalue weighted by Crippen LogP contribution is 2.21. The monoisotopic (exact) mass is 333 g/mol. The van der Waals surface area contributed by atoms with Crippen molar-refractivity contribution in [3.63, 3.8) is 0 Å². The van der Waals surface area contributed by atoms with Gasteiger partial charge < -0.3 is 19.7 Å². The van der Waals surface area contributed by atoms with E-state index in [1.54, 1.807) is 28.8 Å². The van der Waals surface area contributed by atoms with Gasteiger partial charge in [0.2, 0.25) is 0 Å². The second-order valence-corrected chi connectivity index (χ2v) is 6.05. The minimum atomic E-state index is -0.166. The molecule has 1 aromatic carbocycles. The van der Waals surface area contributed by atoms with Crippen LogP contribution in [0.25, 0.3) is 11.3 Å². The maximum Gasteiger partial charge on any atom is 0.321 e. The van der Waals surface area contributed by atoms with E-state index in [0.717, 1.165) is 16.9 Å². The quantitative estimate of drug-likeness (QED) is 0.934. The first kappa shape index (κ1) is 15.9. The second kappa shape index (κ2) is 7.54. The van der Waals surface area contributed by atoms with Crippen molar-refractivity contribution in [3.8, 4) is 11.3 Å². The summed E-state index contributed by atoms with van der Waals surface area (Å²) in [4.78, 5) is 18.1. The summed E-state index contributed by atoms with van der Waals surface area (Å²) >= 11 is 1.56. The van der Waals surface area contributed by atoms with Crippen molar-refractivity contribution in [3.05, 3.63) is 35.2 Å². The van der Waals surface area contributed by atoms with Crippen LogP contribution in [0.15, 0.2) is 35.2 Å². The molecular weight excluding hydrogens is 314 g/mol. The van der Waals surface area contributed by atoms with Crippen molar-refractivity contribution < 1.29 is 14.3 Å². The Hall–Kier alpha value is -1.96. The van der Waals surface area contributed by atoms with Crippen LogP contribution in [0, 0.1) is 0 Å². The van der Waals surface area contributed by atoms with Crippen molar-refractivity contribution in [1.82, 2.24) is 9.88 Å². The number of amides is 2. The van der Waals surface area contributed by atoms with E-state index in [-0.39, 0.29) is 12.1 Å². The summed E-state index contributed by atoms with van der Waals surface area (Å²) in [7, 11) is 1.75. The van der Waals surface area contributed by atoms with E-state index in [9.17, 15) is 4.79 Å². The minimum absolute atomic E-state index is 0.0634. The molecule has 7 heteroatoms. The number of carbonyl (C=O) groups is 1. The van der Waals surface area contributed by atoms with Crippen LogP contribution in [0.5, 0.6) is 0 Å². The Morgan fingerprint density at radius 2 is 2.22 bits per heavy atom. The molecular formula is C16H19N3O3S. The molecule has 6 nitrogen and oxygen atoms in total. The Labute approximate surface area is 139 Å². The topological polar surface area (TPSA) is 63.7 Å². The third-order valence-electron chi connectivity index (χ3n) is 3.57. The molecule has 2 amide bonds. The smallest absolute Gasteiger partial charge is 0.321 e. The van der Waals surface area contributed by atoms with E-state index in [1.165, 1.54) is 0 Å². The van der Waals surface area contributed by atoms with Gasteiger partial charge in [0.1, 0.15) is 0 Å². The Balaban J connectivity index is 1.54. The van der Waals surface area contributed by atoms with Gasteiger partial charge in [-0.15, -0.1) is 11.3 Å². The van der Waals surface area contributed by atoms with E-state index in [1.807, 2.05) is 29.6 Å². The van der Waals surface area contributed by atoms with Gasteiger partial charge in [0.25, 0.3) is 0 Å². The molecule has 1 N–H and O–H groups in total. The number of thiazole rings is 1. The highest BCUT2D eigenvalue weighted by atomic mass is 32.1. The molecule has 0 saturated carbocycles. The molecule has 2 aromatic rings. The lowest BCUT2D eigenvalue weighted by Gasteiger charge is -2.27. The van der Waals surface area contributed by atoms with Crippen LogP contribution in [0.4, 0.5) is 10.5 Å². The summed E-state index contributed by atoms with van der Waals surface area (Å²) < 4.78 is 10.9. The fourth-order valence-corrected chi connectivity index (χ4v) is 2.89. The zero-order valence-electron chi connectivity index (χ0n) is 12.9. The van der Waals surface area contributed by atoms with E-state index in [2.05, 4.69) is 10.3 Å². The summed E-state index contributed by atoms with van der Waals surface area (Å²) in [6.45, 7) is 2.23. The number of likely N-dealkylation sites (N-methyl/N-ethyl adjacent to an activating group) is 1. The number of ether oxygens (including phenoxy) is 2. The van der Waals surface area contributed by atoms with Gasteiger partial charge in [-0.05, 0) is 12.1 Å². The lowest BCUT2D eigenvalue weighted by molar-refractivity contribution is -0.0925. The van der Waals surface area contributed by atoms with Gasteiger partial charge in [0, 0.05) is 23.7 Å². The molecule has 0 spiro atoms. The summed E-state index contributed by atoms with van der Waals surface area (Å²) in [5.41, 5.74) is 4.53. The molecule has 0 unspecified atom stereocenters. The van der Waals surface area contributed by atoms with Crippen LogP contribution in [0.3, 0.4) is 0 Å². The molecule has 0 radical (unpaired) electrons. The number of aromatic nitrogens is 1. The summed E-state index contributed by atoms with van der Waals surface area (Å²) in [6.07, 6.45) is -0.0634. The first-order chi connectivity index (χ1) is 11.2. The number of rotatable bonds is 4. The van der Waals surface area contributed by atoms with E-state index in [0.29, 0.717) is 26.4 Å². The standard InChI is InChI=1S/C16H19N3O3S/c1-19(8-14-9-21-6-7-22-14)16(20)18-13-4-2-12(3-5-13)15-10-23-11-17-15/h2-5,10-11,14H,6-9H2,1H3,(H,18,20)/t14-/m1/s1.